The first kappa shape index (κ1) is 13.7. The molecule has 2 aromatic rings. The molecule has 5 heteroatoms. The molecule has 0 bridgehead atoms. The van der Waals surface area contributed by atoms with Gasteiger partial charge in [0.05, 0.1) is 18.2 Å². The molecule has 2 rings (SSSR count). The molecule has 0 radical (unpaired) electrons. The molecule has 20 heavy (non-hydrogen) atoms. The lowest BCUT2D eigenvalue weighted by Crippen LogP contribution is -2.02. The van der Waals surface area contributed by atoms with Crippen LogP contribution in [-0.4, -0.2) is 24.2 Å². The first-order valence-corrected chi connectivity index (χ1v) is 5.74. The summed E-state index contributed by atoms with van der Waals surface area (Å²) in [6.45, 7) is 0. The van der Waals surface area contributed by atoms with Crippen molar-refractivity contribution in [3.05, 3.63) is 59.4 Å². The van der Waals surface area contributed by atoms with E-state index in [1.54, 1.807) is 0 Å². The van der Waals surface area contributed by atoms with Gasteiger partial charge in [0.15, 0.2) is 0 Å². The van der Waals surface area contributed by atoms with Crippen molar-refractivity contribution in [1.82, 2.24) is 0 Å². The Hall–Kier alpha value is -2.69. The van der Waals surface area contributed by atoms with E-state index in [0.717, 1.165) is 6.07 Å². The van der Waals surface area contributed by atoms with E-state index in [1.807, 2.05) is 0 Å². The van der Waals surface area contributed by atoms with Crippen LogP contribution >= 0.6 is 0 Å². The Morgan fingerprint density at radius 3 is 2.15 bits per heavy atom. The maximum atomic E-state index is 14.0. The second-order valence-corrected chi connectivity index (χ2v) is 4.07. The highest BCUT2D eigenvalue weighted by Crippen LogP contribution is 2.24. The fourth-order valence-electron chi connectivity index (χ4n) is 1.79. The Morgan fingerprint density at radius 1 is 1.05 bits per heavy atom. The maximum absolute atomic E-state index is 14.0. The number of benzene rings is 2. The van der Waals surface area contributed by atoms with Gasteiger partial charge in [0.2, 0.25) is 0 Å². The predicted octanol–water partition coefficient (Wildman–Crippen LogP) is 2.98. The zero-order valence-electron chi connectivity index (χ0n) is 10.6. The van der Waals surface area contributed by atoms with Crippen LogP contribution in [0.2, 0.25) is 0 Å². The van der Waals surface area contributed by atoms with Crippen LogP contribution in [0.15, 0.2) is 42.5 Å². The van der Waals surface area contributed by atoms with Crippen LogP contribution in [0.4, 0.5) is 4.39 Å². The number of esters is 1. The number of aromatic carboxylic acids is 1. The molecule has 1 N–H and O–H groups in total. The minimum Gasteiger partial charge on any atom is -0.478 e. The highest BCUT2D eigenvalue weighted by atomic mass is 19.1. The Kier molecular flexibility index (Phi) is 3.79. The van der Waals surface area contributed by atoms with Gasteiger partial charge >= 0.3 is 11.9 Å². The number of carboxylic acid groups (broad SMARTS) is 1. The fourth-order valence-corrected chi connectivity index (χ4v) is 1.79. The molecule has 0 unspecified atom stereocenters. The zero-order valence-corrected chi connectivity index (χ0v) is 10.6. The number of halogens is 1. The molecular formula is C15H11FO4. The van der Waals surface area contributed by atoms with Crippen molar-refractivity contribution < 1.29 is 23.8 Å². The monoisotopic (exact) mass is 274 g/mol. The van der Waals surface area contributed by atoms with Gasteiger partial charge in [-0.05, 0) is 29.8 Å². The van der Waals surface area contributed by atoms with Crippen LogP contribution in [0, 0.1) is 5.82 Å². The number of rotatable bonds is 3. The van der Waals surface area contributed by atoms with E-state index in [1.165, 1.54) is 43.5 Å². The summed E-state index contributed by atoms with van der Waals surface area (Å²) in [6, 6.07) is 9.81. The maximum Gasteiger partial charge on any atom is 0.337 e. The number of carboxylic acids is 1. The number of hydrogen-bond donors (Lipinski definition) is 1. The van der Waals surface area contributed by atoms with Gasteiger partial charge in [0, 0.05) is 5.56 Å². The van der Waals surface area contributed by atoms with Crippen molar-refractivity contribution in [2.75, 3.05) is 7.11 Å². The molecular weight excluding hydrogens is 263 g/mol. The van der Waals surface area contributed by atoms with E-state index in [-0.39, 0.29) is 16.7 Å². The molecule has 0 saturated heterocycles. The summed E-state index contributed by atoms with van der Waals surface area (Å²) in [5.74, 6) is -2.23. The van der Waals surface area contributed by atoms with Gasteiger partial charge in [-0.25, -0.2) is 14.0 Å². The topological polar surface area (TPSA) is 63.6 Å². The normalized spacial score (nSPS) is 10.1. The molecule has 0 fully saturated rings. The number of carbonyl (C=O) groups excluding carboxylic acids is 1. The third kappa shape index (κ3) is 2.66. The van der Waals surface area contributed by atoms with Gasteiger partial charge < -0.3 is 9.84 Å². The van der Waals surface area contributed by atoms with Gasteiger partial charge in [-0.15, -0.1) is 0 Å². The number of ether oxygens (including phenoxy) is 1. The van der Waals surface area contributed by atoms with Gasteiger partial charge in [-0.3, -0.25) is 0 Å². The summed E-state index contributed by atoms with van der Waals surface area (Å²) < 4.78 is 18.5. The average molecular weight is 274 g/mol. The average Bonchev–Trinajstić information content (AvgIpc) is 2.46. The van der Waals surface area contributed by atoms with E-state index >= 15 is 0 Å². The molecule has 0 atom stereocenters. The molecule has 0 aliphatic carbocycles. The van der Waals surface area contributed by atoms with Gasteiger partial charge in [-0.2, -0.15) is 0 Å². The lowest BCUT2D eigenvalue weighted by atomic mass is 10.0. The molecule has 0 aromatic heterocycles. The second kappa shape index (κ2) is 5.52. The first-order valence-electron chi connectivity index (χ1n) is 5.74. The molecule has 0 saturated carbocycles. The van der Waals surface area contributed by atoms with E-state index in [9.17, 15) is 14.0 Å². The van der Waals surface area contributed by atoms with E-state index < -0.39 is 17.8 Å². The number of methoxy groups -OCH3 is 1. The van der Waals surface area contributed by atoms with Crippen LogP contribution in [-0.2, 0) is 4.74 Å². The SMILES string of the molecule is COC(=O)c1ccc(-c2ccc(C(=O)O)cc2)c(F)c1. The van der Waals surface area contributed by atoms with E-state index in [2.05, 4.69) is 4.74 Å². The molecule has 0 amide bonds. The van der Waals surface area contributed by atoms with Crippen LogP contribution in [0.3, 0.4) is 0 Å². The van der Waals surface area contributed by atoms with Crippen LogP contribution in [0.5, 0.6) is 0 Å². The third-order valence-electron chi connectivity index (χ3n) is 2.83. The van der Waals surface area contributed by atoms with Crippen molar-refractivity contribution >= 4 is 11.9 Å². The highest BCUT2D eigenvalue weighted by Gasteiger charge is 2.11. The molecule has 0 aliphatic heterocycles. The van der Waals surface area contributed by atoms with Crippen molar-refractivity contribution in [3.8, 4) is 11.1 Å². The number of hydrogen-bond acceptors (Lipinski definition) is 3. The summed E-state index contributed by atoms with van der Waals surface area (Å²) >= 11 is 0. The van der Waals surface area contributed by atoms with Crippen LogP contribution in [0.25, 0.3) is 11.1 Å². The summed E-state index contributed by atoms with van der Waals surface area (Å²) in [7, 11) is 1.22. The lowest BCUT2D eigenvalue weighted by molar-refractivity contribution is 0.0599. The Labute approximate surface area is 114 Å². The smallest absolute Gasteiger partial charge is 0.337 e. The van der Waals surface area contributed by atoms with Gasteiger partial charge in [0.25, 0.3) is 0 Å². The summed E-state index contributed by atoms with van der Waals surface area (Å²) in [4.78, 5) is 22.0. The summed E-state index contributed by atoms with van der Waals surface area (Å²) in [6.07, 6.45) is 0. The molecule has 102 valence electrons. The Balaban J connectivity index is 2.38. The van der Waals surface area contributed by atoms with Crippen molar-refractivity contribution in [1.29, 1.82) is 0 Å². The van der Waals surface area contributed by atoms with Crippen molar-refractivity contribution in [3.63, 3.8) is 0 Å². The molecule has 2 aromatic carbocycles. The third-order valence-corrected chi connectivity index (χ3v) is 2.83. The Morgan fingerprint density at radius 2 is 1.65 bits per heavy atom. The standard InChI is InChI=1S/C15H11FO4/c1-20-15(19)11-6-7-12(13(16)8-11)9-2-4-10(5-3-9)14(17)18/h2-8H,1H3,(H,17,18). The highest BCUT2D eigenvalue weighted by molar-refractivity contribution is 5.90. The lowest BCUT2D eigenvalue weighted by Gasteiger charge is -2.06. The largest absolute Gasteiger partial charge is 0.478 e. The summed E-state index contributed by atoms with van der Waals surface area (Å²) in [5, 5.41) is 8.80. The van der Waals surface area contributed by atoms with Crippen molar-refractivity contribution in [2.45, 2.75) is 0 Å². The molecule has 0 spiro atoms. The summed E-state index contributed by atoms with van der Waals surface area (Å²) in [5.41, 5.74) is 1.06. The van der Waals surface area contributed by atoms with E-state index in [0.29, 0.717) is 5.56 Å². The fraction of sp³-hybridized carbons (Fsp3) is 0.0667. The van der Waals surface area contributed by atoms with Gasteiger partial charge in [0.1, 0.15) is 5.82 Å². The van der Waals surface area contributed by atoms with Crippen LogP contribution < -0.4 is 0 Å². The molecule has 0 heterocycles. The van der Waals surface area contributed by atoms with Crippen molar-refractivity contribution in [2.24, 2.45) is 0 Å². The second-order valence-electron chi connectivity index (χ2n) is 4.07. The van der Waals surface area contributed by atoms with Gasteiger partial charge in [-0.1, -0.05) is 18.2 Å². The molecule has 0 aliphatic rings. The van der Waals surface area contributed by atoms with Crippen LogP contribution in [0.1, 0.15) is 20.7 Å². The minimum absolute atomic E-state index is 0.121. The minimum atomic E-state index is -1.04. The number of carbonyl (C=O) groups is 2. The molecule has 4 nitrogen and oxygen atoms in total. The Bertz CT molecular complexity index is 662. The first-order chi connectivity index (χ1) is 9.52. The predicted molar refractivity (Wildman–Crippen MR) is 70.1 cm³/mol. The van der Waals surface area contributed by atoms with E-state index in [4.69, 9.17) is 5.11 Å². The zero-order chi connectivity index (χ0) is 14.7. The quantitative estimate of drug-likeness (QED) is 0.874.